The fraction of sp³-hybridized carbons (Fsp3) is 0.842. The Hall–Kier alpha value is -3.18. The molecular formula is C38H72N6O6. The maximum atomic E-state index is 13.5. The van der Waals surface area contributed by atoms with E-state index >= 15 is 0 Å². The third-order valence-corrected chi connectivity index (χ3v) is 9.02. The summed E-state index contributed by atoms with van der Waals surface area (Å²) in [5.41, 5.74) is 0. The maximum Gasteiger partial charge on any atom is 0.243 e. The van der Waals surface area contributed by atoms with Crippen molar-refractivity contribution in [3.8, 4) is 0 Å². The fourth-order valence-corrected chi connectivity index (χ4v) is 5.63. The number of amides is 6. The molecule has 6 amide bonds. The smallest absolute Gasteiger partial charge is 0.243 e. The predicted molar refractivity (Wildman–Crippen MR) is 200 cm³/mol. The zero-order valence-corrected chi connectivity index (χ0v) is 33.0. The van der Waals surface area contributed by atoms with Gasteiger partial charge in [-0.2, -0.15) is 0 Å². The van der Waals surface area contributed by atoms with Crippen LogP contribution in [0.1, 0.15) is 152 Å². The lowest BCUT2D eigenvalue weighted by Crippen LogP contribution is -2.61. The molecule has 12 nitrogen and oxygen atoms in total. The molecule has 0 fully saturated rings. The van der Waals surface area contributed by atoms with Crippen LogP contribution in [0.4, 0.5) is 0 Å². The van der Waals surface area contributed by atoms with Gasteiger partial charge in [0.1, 0.15) is 30.2 Å². The van der Waals surface area contributed by atoms with Gasteiger partial charge in [-0.15, -0.1) is 0 Å². The van der Waals surface area contributed by atoms with Gasteiger partial charge in [0, 0.05) is 13.5 Å². The van der Waals surface area contributed by atoms with E-state index in [0.717, 1.165) is 19.3 Å². The van der Waals surface area contributed by atoms with Crippen LogP contribution in [0.3, 0.4) is 0 Å². The topological polar surface area (TPSA) is 175 Å². The van der Waals surface area contributed by atoms with Gasteiger partial charge in [0.05, 0.1) is 0 Å². The second kappa shape index (κ2) is 26.6. The van der Waals surface area contributed by atoms with Crippen molar-refractivity contribution in [2.75, 3.05) is 7.05 Å². The monoisotopic (exact) mass is 709 g/mol. The Bertz CT molecular complexity index is 1030. The lowest BCUT2D eigenvalue weighted by atomic mass is 9.97. The summed E-state index contributed by atoms with van der Waals surface area (Å²) >= 11 is 0. The van der Waals surface area contributed by atoms with E-state index in [9.17, 15) is 28.8 Å². The van der Waals surface area contributed by atoms with Crippen molar-refractivity contribution in [3.05, 3.63) is 0 Å². The van der Waals surface area contributed by atoms with Crippen LogP contribution in [0.2, 0.25) is 0 Å². The van der Waals surface area contributed by atoms with Crippen LogP contribution in [0, 0.1) is 17.8 Å². The number of unbranched alkanes of at least 4 members (excludes halogenated alkanes) is 12. The summed E-state index contributed by atoms with van der Waals surface area (Å²) < 4.78 is 0. The standard InChI is InChI=1S/C38H72N6O6/c1-11-12-13-14-15-16-17-18-19-20-21-22-23-24-30(45)42-31(25(2)3)37(49)44-33(27(6)7)38(50)43-32(26(4)5)36(48)41-29(9)35(47)40-28(8)34(46)39-10/h25-29,31-33H,11-24H2,1-10H3,(H,39,46)(H,40,47)(H,41,48)(H,42,45)(H,43,50)(H,44,49)/t28-,29-,31-,32-,33-/m0/s1. The first-order chi connectivity index (χ1) is 23.6. The summed E-state index contributed by atoms with van der Waals surface area (Å²) in [4.78, 5) is 77.1. The van der Waals surface area contributed by atoms with Crippen LogP contribution in [0.15, 0.2) is 0 Å². The fourth-order valence-electron chi connectivity index (χ4n) is 5.63. The second-order valence-corrected chi connectivity index (χ2v) is 14.8. The van der Waals surface area contributed by atoms with E-state index in [0.29, 0.717) is 6.42 Å². The molecule has 6 N–H and O–H groups in total. The Labute approximate surface area is 303 Å². The zero-order valence-electron chi connectivity index (χ0n) is 33.0. The van der Waals surface area contributed by atoms with Crippen molar-refractivity contribution in [3.63, 3.8) is 0 Å². The molecule has 50 heavy (non-hydrogen) atoms. The van der Waals surface area contributed by atoms with Crippen molar-refractivity contribution in [2.45, 2.75) is 182 Å². The molecule has 0 bridgehead atoms. The van der Waals surface area contributed by atoms with Crippen LogP contribution in [0.5, 0.6) is 0 Å². The molecule has 0 saturated carbocycles. The van der Waals surface area contributed by atoms with Crippen LogP contribution in [-0.4, -0.2) is 72.7 Å². The predicted octanol–water partition coefficient (Wildman–Crippen LogP) is 4.65. The van der Waals surface area contributed by atoms with Crippen LogP contribution >= 0.6 is 0 Å². The van der Waals surface area contributed by atoms with Gasteiger partial charge >= 0.3 is 0 Å². The highest BCUT2D eigenvalue weighted by Gasteiger charge is 2.34. The first-order valence-electron chi connectivity index (χ1n) is 19.3. The zero-order chi connectivity index (χ0) is 38.2. The van der Waals surface area contributed by atoms with E-state index in [1.165, 1.54) is 85.1 Å². The molecule has 0 rings (SSSR count). The number of hydrogen-bond donors (Lipinski definition) is 6. The van der Waals surface area contributed by atoms with Crippen molar-refractivity contribution in [1.29, 1.82) is 0 Å². The molecule has 290 valence electrons. The minimum Gasteiger partial charge on any atom is -0.357 e. The van der Waals surface area contributed by atoms with E-state index in [-0.39, 0.29) is 29.6 Å². The number of carbonyl (C=O) groups excluding carboxylic acids is 6. The number of likely N-dealkylation sites (N-methyl/N-ethyl adjacent to an activating group) is 1. The summed E-state index contributed by atoms with van der Waals surface area (Å²) in [6.45, 7) is 16.0. The Morgan fingerprint density at radius 1 is 0.400 bits per heavy atom. The molecule has 0 spiro atoms. The third-order valence-electron chi connectivity index (χ3n) is 9.02. The normalized spacial score (nSPS) is 14.3. The van der Waals surface area contributed by atoms with Gasteiger partial charge in [-0.3, -0.25) is 28.8 Å². The molecule has 0 heterocycles. The van der Waals surface area contributed by atoms with Crippen molar-refractivity contribution in [2.24, 2.45) is 17.8 Å². The van der Waals surface area contributed by atoms with E-state index in [2.05, 4.69) is 38.8 Å². The molecule has 0 saturated heterocycles. The van der Waals surface area contributed by atoms with Gasteiger partial charge < -0.3 is 31.9 Å². The minimum absolute atomic E-state index is 0.188. The summed E-state index contributed by atoms with van der Waals surface area (Å²) in [5, 5.41) is 16.0. The Balaban J connectivity index is 4.95. The quantitative estimate of drug-likeness (QED) is 0.0678. The van der Waals surface area contributed by atoms with Gasteiger partial charge in [-0.05, 0) is 38.0 Å². The van der Waals surface area contributed by atoms with Gasteiger partial charge in [0.2, 0.25) is 35.4 Å². The highest BCUT2D eigenvalue weighted by Crippen LogP contribution is 2.14. The van der Waals surface area contributed by atoms with E-state index < -0.39 is 53.8 Å². The molecule has 0 aliphatic rings. The lowest BCUT2D eigenvalue weighted by Gasteiger charge is -2.30. The van der Waals surface area contributed by atoms with Gasteiger partial charge in [0.15, 0.2) is 0 Å². The van der Waals surface area contributed by atoms with Crippen molar-refractivity contribution < 1.29 is 28.8 Å². The molecule has 0 unspecified atom stereocenters. The maximum absolute atomic E-state index is 13.5. The third kappa shape index (κ3) is 19.9. The van der Waals surface area contributed by atoms with Crippen LogP contribution in [-0.2, 0) is 28.8 Å². The number of carbonyl (C=O) groups is 6. The first-order valence-corrected chi connectivity index (χ1v) is 19.3. The van der Waals surface area contributed by atoms with Crippen LogP contribution in [0.25, 0.3) is 0 Å². The molecule has 0 radical (unpaired) electrons. The average molecular weight is 709 g/mol. The molecule has 0 aromatic carbocycles. The molecular weight excluding hydrogens is 636 g/mol. The number of rotatable bonds is 27. The highest BCUT2D eigenvalue weighted by atomic mass is 16.2. The van der Waals surface area contributed by atoms with Crippen molar-refractivity contribution in [1.82, 2.24) is 31.9 Å². The Kier molecular flexibility index (Phi) is 24.9. The molecule has 0 aromatic rings. The SMILES string of the molecule is CCCCCCCCCCCCCCCC(=O)N[C@H](C(=O)N[C@H](C(=O)N[C@H](C(=O)N[C@@H](C)C(=O)N[C@@H](C)C(=O)NC)C(C)C)C(C)C)C(C)C. The minimum atomic E-state index is -0.992. The lowest BCUT2D eigenvalue weighted by molar-refractivity contribution is -0.136. The summed E-state index contributed by atoms with van der Waals surface area (Å²) in [6.07, 6.45) is 16.2. The number of hydrogen-bond acceptors (Lipinski definition) is 6. The van der Waals surface area contributed by atoms with E-state index in [1.807, 2.05) is 13.8 Å². The van der Waals surface area contributed by atoms with E-state index in [1.54, 1.807) is 27.7 Å². The van der Waals surface area contributed by atoms with Crippen molar-refractivity contribution >= 4 is 35.4 Å². The molecule has 5 atom stereocenters. The van der Waals surface area contributed by atoms with Gasteiger partial charge in [-0.1, -0.05) is 126 Å². The molecule has 0 aromatic heterocycles. The van der Waals surface area contributed by atoms with Gasteiger partial charge in [-0.25, -0.2) is 0 Å². The number of nitrogens with one attached hydrogen (secondary N) is 6. The van der Waals surface area contributed by atoms with Crippen LogP contribution < -0.4 is 31.9 Å². The first kappa shape index (κ1) is 46.8. The summed E-state index contributed by atoms with van der Waals surface area (Å²) in [5.74, 6) is -3.57. The second-order valence-electron chi connectivity index (χ2n) is 14.8. The van der Waals surface area contributed by atoms with E-state index in [4.69, 9.17) is 0 Å². The molecule has 12 heteroatoms. The molecule has 0 aliphatic heterocycles. The average Bonchev–Trinajstić information content (AvgIpc) is 3.05. The highest BCUT2D eigenvalue weighted by molar-refractivity contribution is 5.96. The summed E-state index contributed by atoms with van der Waals surface area (Å²) in [7, 11) is 1.46. The molecule has 0 aliphatic carbocycles. The largest absolute Gasteiger partial charge is 0.357 e. The Morgan fingerprint density at radius 3 is 1.10 bits per heavy atom. The summed E-state index contributed by atoms with van der Waals surface area (Å²) in [6, 6.07) is -4.54. The van der Waals surface area contributed by atoms with Gasteiger partial charge in [0.25, 0.3) is 0 Å². The Morgan fingerprint density at radius 2 is 0.720 bits per heavy atom.